The highest BCUT2D eigenvalue weighted by Crippen LogP contribution is 2.36. The molecule has 31 heavy (non-hydrogen) atoms. The van der Waals surface area contributed by atoms with Crippen molar-refractivity contribution in [3.8, 4) is 28.0 Å². The molecule has 1 aliphatic heterocycles. The first-order chi connectivity index (χ1) is 15.0. The molecule has 0 saturated heterocycles. The van der Waals surface area contributed by atoms with E-state index in [0.29, 0.717) is 11.3 Å². The number of methoxy groups -OCH3 is 1. The molecule has 2 amide bonds. The van der Waals surface area contributed by atoms with Gasteiger partial charge in [0.15, 0.2) is 0 Å². The van der Waals surface area contributed by atoms with Gasteiger partial charge in [0, 0.05) is 41.5 Å². The Kier molecular flexibility index (Phi) is 4.43. The Labute approximate surface area is 178 Å². The number of nitrogens with one attached hydrogen (secondary N) is 2. The van der Waals surface area contributed by atoms with Crippen LogP contribution in [0.4, 0.5) is 5.69 Å². The van der Waals surface area contributed by atoms with E-state index >= 15 is 0 Å². The number of carbonyl (C=O) groups is 2. The maximum absolute atomic E-state index is 12.7. The van der Waals surface area contributed by atoms with Gasteiger partial charge in [-0.3, -0.25) is 9.59 Å². The van der Waals surface area contributed by atoms with Crippen molar-refractivity contribution < 1.29 is 14.3 Å². The van der Waals surface area contributed by atoms with Crippen LogP contribution in [0.15, 0.2) is 60.9 Å². The lowest BCUT2D eigenvalue weighted by Crippen LogP contribution is -2.31. The Bertz CT molecular complexity index is 1340. The number of amides is 2. The minimum atomic E-state index is -0.209. The van der Waals surface area contributed by atoms with Gasteiger partial charge in [-0.15, -0.1) is 0 Å². The number of benzene rings is 2. The Morgan fingerprint density at radius 1 is 1.00 bits per heavy atom. The van der Waals surface area contributed by atoms with Gasteiger partial charge in [-0.1, -0.05) is 24.3 Å². The maximum atomic E-state index is 12.7. The first-order valence-corrected chi connectivity index (χ1v) is 9.85. The van der Waals surface area contributed by atoms with Crippen LogP contribution in [-0.4, -0.2) is 47.4 Å². The number of likely N-dealkylation sites (N-methyl/N-ethyl adjacent to an activating group) is 1. The number of H-pyrrole nitrogens is 1. The molecular weight excluding hydrogens is 392 g/mol. The Hall–Kier alpha value is -4.13. The van der Waals surface area contributed by atoms with Gasteiger partial charge in [-0.2, -0.15) is 0 Å². The zero-order chi connectivity index (χ0) is 21.5. The van der Waals surface area contributed by atoms with Crippen molar-refractivity contribution in [2.45, 2.75) is 0 Å². The molecule has 0 fully saturated rings. The normalized spacial score (nSPS) is 13.7. The van der Waals surface area contributed by atoms with Gasteiger partial charge in [0.2, 0.25) is 5.91 Å². The molecule has 5 rings (SSSR count). The van der Waals surface area contributed by atoms with Crippen LogP contribution < -0.4 is 10.1 Å². The molecule has 0 spiro atoms. The topological polar surface area (TPSA) is 87.3 Å². The van der Waals surface area contributed by atoms with Gasteiger partial charge in [0.1, 0.15) is 11.4 Å². The fourth-order valence-corrected chi connectivity index (χ4v) is 3.94. The van der Waals surface area contributed by atoms with Gasteiger partial charge in [0.25, 0.3) is 5.91 Å². The van der Waals surface area contributed by atoms with E-state index in [-0.39, 0.29) is 18.4 Å². The predicted molar refractivity (Wildman–Crippen MR) is 119 cm³/mol. The molecule has 2 aromatic heterocycles. The molecule has 0 radical (unpaired) electrons. The summed E-state index contributed by atoms with van der Waals surface area (Å²) < 4.78 is 5.53. The minimum Gasteiger partial charge on any atom is -0.496 e. The minimum absolute atomic E-state index is 0.0297. The summed E-state index contributed by atoms with van der Waals surface area (Å²) in [5, 5.41) is 3.75. The highest BCUT2D eigenvalue weighted by molar-refractivity contribution is 6.09. The number of nitrogens with zero attached hydrogens (tertiary/aromatic N) is 2. The van der Waals surface area contributed by atoms with Crippen molar-refractivity contribution >= 4 is 28.5 Å². The van der Waals surface area contributed by atoms with Crippen molar-refractivity contribution in [1.82, 2.24) is 14.9 Å². The number of fused-ring (bicyclic) bond motifs is 2. The summed E-state index contributed by atoms with van der Waals surface area (Å²) >= 11 is 0. The summed E-state index contributed by atoms with van der Waals surface area (Å²) in [7, 11) is 3.27. The lowest BCUT2D eigenvalue weighted by molar-refractivity contribution is -0.116. The number of aromatic amines is 1. The highest BCUT2D eigenvalue weighted by atomic mass is 16.5. The van der Waals surface area contributed by atoms with Crippen molar-refractivity contribution in [3.63, 3.8) is 0 Å². The fraction of sp³-hybridized carbons (Fsp3) is 0.125. The first-order valence-electron chi connectivity index (χ1n) is 9.85. The molecule has 7 heteroatoms. The van der Waals surface area contributed by atoms with Crippen LogP contribution in [0.5, 0.6) is 5.75 Å². The third-order valence-electron chi connectivity index (χ3n) is 5.51. The average molecular weight is 412 g/mol. The molecule has 2 aromatic carbocycles. The molecule has 0 bridgehead atoms. The Morgan fingerprint density at radius 2 is 1.84 bits per heavy atom. The summed E-state index contributed by atoms with van der Waals surface area (Å²) in [6.07, 6.45) is 3.69. The number of hydrogen-bond donors (Lipinski definition) is 2. The summed E-state index contributed by atoms with van der Waals surface area (Å²) in [6, 6.07) is 15.3. The van der Waals surface area contributed by atoms with E-state index in [1.54, 1.807) is 32.5 Å². The lowest BCUT2D eigenvalue weighted by atomic mass is 9.99. The number of hydrogen-bond acceptors (Lipinski definition) is 4. The lowest BCUT2D eigenvalue weighted by Gasteiger charge is -2.13. The maximum Gasteiger partial charge on any atom is 0.256 e. The number of aromatic nitrogens is 2. The largest absolute Gasteiger partial charge is 0.496 e. The molecule has 4 aromatic rings. The van der Waals surface area contributed by atoms with Crippen molar-refractivity contribution in [1.29, 1.82) is 0 Å². The van der Waals surface area contributed by atoms with Crippen LogP contribution >= 0.6 is 0 Å². The van der Waals surface area contributed by atoms with E-state index in [1.807, 2.05) is 42.6 Å². The summed E-state index contributed by atoms with van der Waals surface area (Å²) in [5.41, 5.74) is 5.42. The van der Waals surface area contributed by atoms with Gasteiger partial charge >= 0.3 is 0 Å². The predicted octanol–water partition coefficient (Wildman–Crippen LogP) is 3.93. The molecule has 0 saturated carbocycles. The summed E-state index contributed by atoms with van der Waals surface area (Å²) in [4.78, 5) is 33.9. The van der Waals surface area contributed by atoms with E-state index < -0.39 is 0 Å². The number of rotatable bonds is 3. The zero-order valence-corrected chi connectivity index (χ0v) is 17.1. The standard InChI is InChI=1S/C24H20N4O3/c1-28-13-22(29)27-20-8-7-14(9-18(20)24(28)30)15-10-17-19(12-26-23(17)25-11-15)16-5-3-4-6-21(16)31-2/h3-12H,13H2,1-2H3,(H,25,26)(H,27,29). The molecule has 7 nitrogen and oxygen atoms in total. The second-order valence-electron chi connectivity index (χ2n) is 7.49. The van der Waals surface area contributed by atoms with Crippen LogP contribution in [0, 0.1) is 0 Å². The van der Waals surface area contributed by atoms with E-state index in [2.05, 4.69) is 15.3 Å². The van der Waals surface area contributed by atoms with Crippen LogP contribution in [0.1, 0.15) is 10.4 Å². The number of para-hydroxylation sites is 1. The third kappa shape index (κ3) is 3.20. The Balaban J connectivity index is 1.63. The summed E-state index contributed by atoms with van der Waals surface area (Å²) in [5.74, 6) is 0.378. The van der Waals surface area contributed by atoms with E-state index in [1.165, 1.54) is 4.90 Å². The quantitative estimate of drug-likeness (QED) is 0.534. The molecule has 0 unspecified atom stereocenters. The Morgan fingerprint density at radius 3 is 2.68 bits per heavy atom. The van der Waals surface area contributed by atoms with Crippen molar-refractivity contribution in [2.75, 3.05) is 26.0 Å². The SMILES string of the molecule is COc1ccccc1-c1c[nH]c2ncc(-c3ccc4c(c3)C(=O)N(C)CC(=O)N4)cc12. The van der Waals surface area contributed by atoms with Crippen molar-refractivity contribution in [3.05, 3.63) is 66.5 Å². The van der Waals surface area contributed by atoms with E-state index in [0.717, 1.165) is 39.0 Å². The van der Waals surface area contributed by atoms with Crippen LogP contribution in [0.2, 0.25) is 0 Å². The molecule has 0 aliphatic carbocycles. The molecule has 0 atom stereocenters. The monoisotopic (exact) mass is 412 g/mol. The van der Waals surface area contributed by atoms with Crippen LogP contribution in [-0.2, 0) is 4.79 Å². The smallest absolute Gasteiger partial charge is 0.256 e. The molecule has 154 valence electrons. The summed E-state index contributed by atoms with van der Waals surface area (Å²) in [6.45, 7) is 0.0297. The zero-order valence-electron chi connectivity index (χ0n) is 17.1. The number of pyridine rings is 1. The second-order valence-corrected chi connectivity index (χ2v) is 7.49. The van der Waals surface area contributed by atoms with Crippen molar-refractivity contribution in [2.24, 2.45) is 0 Å². The number of carbonyl (C=O) groups excluding carboxylic acids is 2. The molecular formula is C24H20N4O3. The van der Waals surface area contributed by atoms with Gasteiger partial charge < -0.3 is 19.9 Å². The third-order valence-corrected chi connectivity index (χ3v) is 5.51. The molecule has 3 heterocycles. The second kappa shape index (κ2) is 7.28. The van der Waals surface area contributed by atoms with E-state index in [4.69, 9.17) is 4.74 Å². The van der Waals surface area contributed by atoms with E-state index in [9.17, 15) is 9.59 Å². The highest BCUT2D eigenvalue weighted by Gasteiger charge is 2.24. The number of anilines is 1. The van der Waals surface area contributed by atoms with Crippen LogP contribution in [0.25, 0.3) is 33.3 Å². The molecule has 2 N–H and O–H groups in total. The molecule has 1 aliphatic rings. The fourth-order valence-electron chi connectivity index (χ4n) is 3.94. The number of ether oxygens (including phenoxy) is 1. The average Bonchev–Trinajstić information content (AvgIpc) is 3.17. The van der Waals surface area contributed by atoms with Gasteiger partial charge in [-0.25, -0.2) is 4.98 Å². The van der Waals surface area contributed by atoms with Gasteiger partial charge in [-0.05, 0) is 29.8 Å². The first kappa shape index (κ1) is 18.9. The van der Waals surface area contributed by atoms with Crippen LogP contribution in [0.3, 0.4) is 0 Å². The van der Waals surface area contributed by atoms with Gasteiger partial charge in [0.05, 0.1) is 24.9 Å².